The molecule has 0 atom stereocenters. The maximum atomic E-state index is 12.9. The number of hydrogen-bond donors (Lipinski definition) is 1. The Hall–Kier alpha value is -3.75. The third-order valence-corrected chi connectivity index (χ3v) is 8.70. The van der Waals surface area contributed by atoms with E-state index in [2.05, 4.69) is 58.5 Å². The van der Waals surface area contributed by atoms with Gasteiger partial charge in [-0.05, 0) is 36.9 Å². The van der Waals surface area contributed by atoms with Crippen molar-refractivity contribution in [2.75, 3.05) is 33.2 Å². The number of aryl methyl sites for hydroxylation is 1. The minimum absolute atomic E-state index is 0.127. The average molecular weight is 495 g/mol. The molecule has 0 saturated carbocycles. The van der Waals surface area contributed by atoms with Crippen molar-refractivity contribution in [2.24, 2.45) is 7.05 Å². The van der Waals surface area contributed by atoms with E-state index in [9.17, 15) is 4.79 Å². The zero-order valence-corrected chi connectivity index (χ0v) is 21.1. The number of aromatic amines is 1. The van der Waals surface area contributed by atoms with Gasteiger partial charge in [0.2, 0.25) is 0 Å². The molecule has 1 saturated heterocycles. The van der Waals surface area contributed by atoms with E-state index < -0.39 is 0 Å². The number of amides is 1. The Labute approximate surface area is 213 Å². The van der Waals surface area contributed by atoms with E-state index in [-0.39, 0.29) is 5.91 Å². The normalized spacial score (nSPS) is 15.4. The van der Waals surface area contributed by atoms with E-state index >= 15 is 0 Å². The van der Waals surface area contributed by atoms with Gasteiger partial charge in [-0.15, -0.1) is 11.3 Å². The van der Waals surface area contributed by atoms with Crippen LogP contribution in [0.4, 0.5) is 0 Å². The van der Waals surface area contributed by atoms with Crippen LogP contribution >= 0.6 is 11.3 Å². The molecule has 2 aromatic carbocycles. The summed E-state index contributed by atoms with van der Waals surface area (Å²) in [5.41, 5.74) is 8.76. The van der Waals surface area contributed by atoms with Gasteiger partial charge < -0.3 is 9.80 Å². The Morgan fingerprint density at radius 3 is 2.56 bits per heavy atom. The zero-order chi connectivity index (χ0) is 24.4. The molecular formula is C28H26N6OS. The Kier molecular flexibility index (Phi) is 4.87. The van der Waals surface area contributed by atoms with E-state index in [0.29, 0.717) is 0 Å². The second kappa shape index (κ2) is 8.15. The number of nitrogens with one attached hydrogen (secondary N) is 1. The van der Waals surface area contributed by atoms with Crippen LogP contribution in [0.25, 0.3) is 43.9 Å². The molecule has 1 aliphatic heterocycles. The third-order valence-electron chi connectivity index (χ3n) is 7.51. The minimum Gasteiger partial charge on any atom is -0.336 e. The number of likely N-dealkylation sites (N-methyl/N-ethyl adjacent to an activating group) is 1. The number of rotatable bonds is 3. The smallest absolute Gasteiger partial charge is 0.253 e. The highest BCUT2D eigenvalue weighted by molar-refractivity contribution is 7.16. The Balaban J connectivity index is 1.14. The second-order valence-corrected chi connectivity index (χ2v) is 10.9. The molecule has 7 rings (SSSR count). The molecular weight excluding hydrogens is 468 g/mol. The second-order valence-electron chi connectivity index (χ2n) is 9.76. The lowest BCUT2D eigenvalue weighted by Crippen LogP contribution is -2.47. The molecule has 1 fully saturated rings. The summed E-state index contributed by atoms with van der Waals surface area (Å²) >= 11 is 1.83. The molecule has 4 heterocycles. The third kappa shape index (κ3) is 3.40. The zero-order valence-electron chi connectivity index (χ0n) is 20.3. The number of piperazine rings is 1. The summed E-state index contributed by atoms with van der Waals surface area (Å²) < 4.78 is 1.90. The summed E-state index contributed by atoms with van der Waals surface area (Å²) in [5.74, 6) is 0.127. The van der Waals surface area contributed by atoms with Crippen molar-refractivity contribution < 1.29 is 4.79 Å². The number of carbonyl (C=O) groups is 1. The summed E-state index contributed by atoms with van der Waals surface area (Å²) in [7, 11) is 4.07. The number of carbonyl (C=O) groups excluding carboxylic acids is 1. The van der Waals surface area contributed by atoms with Crippen LogP contribution in [0.2, 0.25) is 0 Å². The van der Waals surface area contributed by atoms with Gasteiger partial charge in [-0.1, -0.05) is 24.3 Å². The summed E-state index contributed by atoms with van der Waals surface area (Å²) in [6.07, 6.45) is 2.77. The van der Waals surface area contributed by atoms with Gasteiger partial charge in [0.1, 0.15) is 0 Å². The number of hydrogen-bond acceptors (Lipinski definition) is 5. The Morgan fingerprint density at radius 1 is 0.972 bits per heavy atom. The summed E-state index contributed by atoms with van der Waals surface area (Å²) in [6, 6.07) is 16.8. The molecule has 1 aliphatic carbocycles. The van der Waals surface area contributed by atoms with Crippen LogP contribution in [0.3, 0.4) is 0 Å². The minimum atomic E-state index is 0.127. The highest BCUT2D eigenvalue weighted by atomic mass is 32.1. The standard InChI is InChI=1S/C28H26N6OS/c1-32-9-11-34(12-10-32)28(35)18-5-3-17(4-6-18)24-14-21-25(36-24)15-22-26(30-31-27(21)22)19-7-8-20-16-29-33(2)23(20)13-19/h3-8,13-14,16H,9-12,15H2,1-2H3,(H,30,31). The van der Waals surface area contributed by atoms with E-state index in [0.717, 1.165) is 71.6 Å². The molecule has 1 N–H and O–H groups in total. The SMILES string of the molecule is CN1CCN(C(=O)c2ccc(-c3cc4c(s3)Cc3c(-c5ccc6cnn(C)c6c5)n[nH]c3-4)cc2)CC1. The Bertz CT molecular complexity index is 1620. The van der Waals surface area contributed by atoms with Crippen LogP contribution < -0.4 is 0 Å². The maximum Gasteiger partial charge on any atom is 0.253 e. The molecule has 0 unspecified atom stereocenters. The first-order valence-corrected chi connectivity index (χ1v) is 13.1. The van der Waals surface area contributed by atoms with Gasteiger partial charge in [0.15, 0.2) is 0 Å². The maximum absolute atomic E-state index is 12.9. The topological polar surface area (TPSA) is 70.0 Å². The van der Waals surface area contributed by atoms with E-state index in [1.54, 1.807) is 0 Å². The van der Waals surface area contributed by atoms with Crippen LogP contribution in [0.5, 0.6) is 0 Å². The largest absolute Gasteiger partial charge is 0.336 e. The summed E-state index contributed by atoms with van der Waals surface area (Å²) in [6.45, 7) is 3.44. The highest BCUT2D eigenvalue weighted by Crippen LogP contribution is 2.46. The number of nitrogens with zero attached hydrogens (tertiary/aromatic N) is 5. The first-order chi connectivity index (χ1) is 17.5. The number of H-pyrrole nitrogens is 1. The van der Waals surface area contributed by atoms with Crippen LogP contribution in [-0.4, -0.2) is 68.9 Å². The van der Waals surface area contributed by atoms with Crippen molar-refractivity contribution in [3.05, 3.63) is 70.7 Å². The summed E-state index contributed by atoms with van der Waals surface area (Å²) in [4.78, 5) is 19.7. The predicted molar refractivity (Wildman–Crippen MR) is 143 cm³/mol. The lowest BCUT2D eigenvalue weighted by molar-refractivity contribution is 0.0664. The van der Waals surface area contributed by atoms with Gasteiger partial charge in [0.25, 0.3) is 5.91 Å². The molecule has 0 radical (unpaired) electrons. The first-order valence-electron chi connectivity index (χ1n) is 12.3. The lowest BCUT2D eigenvalue weighted by atomic mass is 10.0. The van der Waals surface area contributed by atoms with Crippen LogP contribution in [0.1, 0.15) is 20.8 Å². The molecule has 2 aliphatic rings. The van der Waals surface area contributed by atoms with Crippen LogP contribution in [-0.2, 0) is 13.5 Å². The fourth-order valence-electron chi connectivity index (χ4n) is 5.33. The van der Waals surface area contributed by atoms with E-state index in [1.165, 1.54) is 20.9 Å². The molecule has 3 aromatic heterocycles. The van der Waals surface area contributed by atoms with Crippen molar-refractivity contribution in [3.63, 3.8) is 0 Å². The van der Waals surface area contributed by atoms with Crippen molar-refractivity contribution in [1.29, 1.82) is 0 Å². The van der Waals surface area contributed by atoms with Gasteiger partial charge in [0.05, 0.1) is 23.1 Å². The van der Waals surface area contributed by atoms with Crippen LogP contribution in [0.15, 0.2) is 54.7 Å². The highest BCUT2D eigenvalue weighted by Gasteiger charge is 2.28. The molecule has 0 bridgehead atoms. The van der Waals surface area contributed by atoms with Gasteiger partial charge in [-0.25, -0.2) is 0 Å². The van der Waals surface area contributed by atoms with Crippen molar-refractivity contribution >= 4 is 28.1 Å². The fraction of sp³-hybridized carbons (Fsp3) is 0.250. The average Bonchev–Trinajstić information content (AvgIpc) is 3.66. The molecule has 5 aromatic rings. The van der Waals surface area contributed by atoms with E-state index in [1.807, 2.05) is 46.3 Å². The fourth-order valence-corrected chi connectivity index (χ4v) is 6.52. The first kappa shape index (κ1) is 21.5. The number of benzene rings is 2. The Morgan fingerprint density at radius 2 is 1.75 bits per heavy atom. The monoisotopic (exact) mass is 494 g/mol. The van der Waals surface area contributed by atoms with Gasteiger partial charge in [-0.2, -0.15) is 10.2 Å². The molecule has 180 valence electrons. The molecule has 36 heavy (non-hydrogen) atoms. The van der Waals surface area contributed by atoms with Gasteiger partial charge in [0, 0.05) is 77.0 Å². The summed E-state index contributed by atoms with van der Waals surface area (Å²) in [5, 5.41) is 13.5. The molecule has 7 nitrogen and oxygen atoms in total. The van der Waals surface area contributed by atoms with Crippen LogP contribution in [0, 0.1) is 0 Å². The van der Waals surface area contributed by atoms with E-state index in [4.69, 9.17) is 5.10 Å². The number of fused-ring (bicyclic) bond motifs is 4. The predicted octanol–water partition coefficient (Wildman–Crippen LogP) is 4.65. The lowest BCUT2D eigenvalue weighted by Gasteiger charge is -2.32. The molecule has 0 spiro atoms. The van der Waals surface area contributed by atoms with Crippen molar-refractivity contribution in [1.82, 2.24) is 29.8 Å². The van der Waals surface area contributed by atoms with Crippen molar-refractivity contribution in [3.8, 4) is 33.0 Å². The quantitative estimate of drug-likeness (QED) is 0.389. The van der Waals surface area contributed by atoms with Gasteiger partial charge >= 0.3 is 0 Å². The molecule has 1 amide bonds. The number of aromatic nitrogens is 4. The van der Waals surface area contributed by atoms with Crippen molar-refractivity contribution in [2.45, 2.75) is 6.42 Å². The molecule has 8 heteroatoms. The van der Waals surface area contributed by atoms with Gasteiger partial charge in [-0.3, -0.25) is 14.6 Å². The number of thiophene rings is 1.